The molecule has 0 saturated heterocycles. The van der Waals surface area contributed by atoms with E-state index in [1.807, 2.05) is 18.2 Å². The van der Waals surface area contributed by atoms with Gasteiger partial charge in [-0.1, -0.05) is 42.5 Å². The number of hydrogen-bond donors (Lipinski definition) is 2. The largest absolute Gasteiger partial charge is 0.278 e. The molecule has 1 aliphatic carbocycles. The molecule has 2 aromatic carbocycles. The first-order chi connectivity index (χ1) is 12.3. The highest BCUT2D eigenvalue weighted by atomic mass is 32.2. The van der Waals surface area contributed by atoms with Gasteiger partial charge in [-0.2, -0.15) is 0 Å². The molecule has 0 atom stereocenters. The Morgan fingerprint density at radius 1 is 0.923 bits per heavy atom. The monoisotopic (exact) mass is 390 g/mol. The average molecular weight is 390 g/mol. The van der Waals surface area contributed by atoms with Crippen LogP contribution in [0.4, 0.5) is 5.69 Å². The standard InChI is InChI=1S/C18H18N2O4S2/c19-25(21,22)18-12-5-4-11-17(18)20-26(23,24)16-10-6-9-15(13-16)14-7-2-1-3-8-14/h2,4-13,20H,1,3H2,(H2,19,21,22). The molecule has 2 aromatic rings. The smallest absolute Gasteiger partial charge is 0.261 e. The number of benzene rings is 2. The van der Waals surface area contributed by atoms with Crippen LogP contribution in [0, 0.1) is 0 Å². The van der Waals surface area contributed by atoms with Crippen LogP contribution < -0.4 is 9.86 Å². The number of primary sulfonamides is 1. The van der Waals surface area contributed by atoms with Crippen molar-refractivity contribution in [3.05, 3.63) is 72.3 Å². The first-order valence-corrected chi connectivity index (χ1v) is 10.9. The molecule has 26 heavy (non-hydrogen) atoms. The van der Waals surface area contributed by atoms with Crippen LogP contribution >= 0.6 is 0 Å². The molecule has 1 aliphatic rings. The van der Waals surface area contributed by atoms with E-state index in [-0.39, 0.29) is 15.5 Å². The lowest BCUT2D eigenvalue weighted by Gasteiger charge is -2.13. The average Bonchev–Trinajstić information content (AvgIpc) is 2.62. The molecule has 0 fully saturated rings. The number of nitrogens with one attached hydrogen (secondary N) is 1. The van der Waals surface area contributed by atoms with Gasteiger partial charge in [0, 0.05) is 0 Å². The Balaban J connectivity index is 1.98. The highest BCUT2D eigenvalue weighted by molar-refractivity contribution is 7.93. The third kappa shape index (κ3) is 4.04. The molecule has 6 nitrogen and oxygen atoms in total. The van der Waals surface area contributed by atoms with Gasteiger partial charge in [0.15, 0.2) is 0 Å². The van der Waals surface area contributed by atoms with Gasteiger partial charge in [-0.15, -0.1) is 0 Å². The van der Waals surface area contributed by atoms with Gasteiger partial charge in [0.25, 0.3) is 10.0 Å². The van der Waals surface area contributed by atoms with Gasteiger partial charge >= 0.3 is 0 Å². The SMILES string of the molecule is NS(=O)(=O)c1ccccc1NS(=O)(=O)c1cccc(C2=CCCC=C2)c1. The third-order valence-electron chi connectivity index (χ3n) is 3.91. The highest BCUT2D eigenvalue weighted by Crippen LogP contribution is 2.26. The quantitative estimate of drug-likeness (QED) is 0.818. The van der Waals surface area contributed by atoms with Gasteiger partial charge in [0.1, 0.15) is 4.90 Å². The molecule has 0 unspecified atom stereocenters. The van der Waals surface area contributed by atoms with E-state index in [1.54, 1.807) is 12.1 Å². The second-order valence-electron chi connectivity index (χ2n) is 5.81. The lowest BCUT2D eigenvalue weighted by Crippen LogP contribution is -2.18. The molecule has 3 rings (SSSR count). The van der Waals surface area contributed by atoms with E-state index in [4.69, 9.17) is 5.14 Å². The number of sulfonamides is 2. The lowest BCUT2D eigenvalue weighted by molar-refractivity contribution is 0.598. The Labute approximate surface area is 153 Å². The van der Waals surface area contributed by atoms with Crippen LogP contribution in [0.1, 0.15) is 18.4 Å². The fourth-order valence-electron chi connectivity index (χ4n) is 2.67. The van der Waals surface area contributed by atoms with E-state index in [2.05, 4.69) is 10.8 Å². The van der Waals surface area contributed by atoms with Gasteiger partial charge in [0.2, 0.25) is 10.0 Å². The summed E-state index contributed by atoms with van der Waals surface area (Å²) in [6.07, 6.45) is 7.92. The van der Waals surface area contributed by atoms with Gasteiger partial charge in [0.05, 0.1) is 10.6 Å². The second kappa shape index (κ2) is 7.06. The van der Waals surface area contributed by atoms with Crippen molar-refractivity contribution in [3.8, 4) is 0 Å². The molecule has 3 N–H and O–H groups in total. The summed E-state index contributed by atoms with van der Waals surface area (Å²) >= 11 is 0. The van der Waals surface area contributed by atoms with E-state index in [0.717, 1.165) is 24.0 Å². The Hall–Kier alpha value is -2.42. The molecule has 0 heterocycles. The maximum atomic E-state index is 12.7. The molecule has 0 saturated carbocycles. The summed E-state index contributed by atoms with van der Waals surface area (Å²) in [6.45, 7) is 0. The number of para-hydroxylation sites is 1. The maximum absolute atomic E-state index is 12.7. The first-order valence-electron chi connectivity index (χ1n) is 7.89. The minimum Gasteiger partial charge on any atom is -0.278 e. The minimum atomic E-state index is -4.06. The molecule has 0 radical (unpaired) electrons. The van der Waals surface area contributed by atoms with Crippen LogP contribution in [0.15, 0.2) is 76.5 Å². The topological polar surface area (TPSA) is 106 Å². The Kier molecular flexibility index (Phi) is 4.99. The maximum Gasteiger partial charge on any atom is 0.261 e. The predicted octanol–water partition coefficient (Wildman–Crippen LogP) is 2.87. The summed E-state index contributed by atoms with van der Waals surface area (Å²) in [5.74, 6) is 0. The number of hydrogen-bond acceptors (Lipinski definition) is 4. The van der Waals surface area contributed by atoms with Crippen molar-refractivity contribution < 1.29 is 16.8 Å². The van der Waals surface area contributed by atoms with E-state index >= 15 is 0 Å². The van der Waals surface area contributed by atoms with E-state index in [9.17, 15) is 16.8 Å². The van der Waals surface area contributed by atoms with E-state index < -0.39 is 20.0 Å². The fourth-order valence-corrected chi connectivity index (χ4v) is 4.56. The second-order valence-corrected chi connectivity index (χ2v) is 9.03. The fraction of sp³-hybridized carbons (Fsp3) is 0.111. The predicted molar refractivity (Wildman–Crippen MR) is 101 cm³/mol. The van der Waals surface area contributed by atoms with Crippen molar-refractivity contribution in [2.45, 2.75) is 22.6 Å². The zero-order valence-electron chi connectivity index (χ0n) is 13.8. The van der Waals surface area contributed by atoms with Gasteiger partial charge < -0.3 is 0 Å². The van der Waals surface area contributed by atoms with Crippen LogP contribution in [-0.2, 0) is 20.0 Å². The van der Waals surface area contributed by atoms with Crippen molar-refractivity contribution >= 4 is 31.3 Å². The minimum absolute atomic E-state index is 0.0408. The summed E-state index contributed by atoms with van der Waals surface area (Å²) in [7, 11) is -8.04. The molecule has 0 aromatic heterocycles. The molecular weight excluding hydrogens is 372 g/mol. The molecular formula is C18H18N2O4S2. The first kappa shape index (κ1) is 18.4. The zero-order chi connectivity index (χ0) is 18.8. The zero-order valence-corrected chi connectivity index (χ0v) is 15.4. The van der Waals surface area contributed by atoms with Crippen LogP contribution in [-0.4, -0.2) is 16.8 Å². The highest BCUT2D eigenvalue weighted by Gasteiger charge is 2.20. The molecule has 136 valence electrons. The van der Waals surface area contributed by atoms with Gasteiger partial charge in [-0.3, -0.25) is 4.72 Å². The van der Waals surface area contributed by atoms with Gasteiger partial charge in [-0.05, 0) is 48.2 Å². The molecule has 0 aliphatic heterocycles. The van der Waals surface area contributed by atoms with Crippen molar-refractivity contribution in [1.82, 2.24) is 0 Å². The van der Waals surface area contributed by atoms with Gasteiger partial charge in [-0.25, -0.2) is 22.0 Å². The number of allylic oxidation sites excluding steroid dienone is 4. The Morgan fingerprint density at radius 2 is 1.69 bits per heavy atom. The lowest BCUT2D eigenvalue weighted by atomic mass is 10.00. The summed E-state index contributed by atoms with van der Waals surface area (Å²) in [6, 6.07) is 12.1. The molecule has 8 heteroatoms. The number of nitrogens with two attached hydrogens (primary N) is 1. The third-order valence-corrected chi connectivity index (χ3v) is 6.24. The van der Waals surface area contributed by atoms with Crippen molar-refractivity contribution in [1.29, 1.82) is 0 Å². The van der Waals surface area contributed by atoms with Crippen LogP contribution in [0.3, 0.4) is 0 Å². The summed E-state index contributed by atoms with van der Waals surface area (Å²) in [5.41, 5.74) is 1.65. The van der Waals surface area contributed by atoms with Crippen LogP contribution in [0.5, 0.6) is 0 Å². The summed E-state index contributed by atoms with van der Waals surface area (Å²) in [5, 5.41) is 5.16. The number of anilines is 1. The Morgan fingerprint density at radius 3 is 2.38 bits per heavy atom. The number of rotatable bonds is 5. The molecule has 0 amide bonds. The van der Waals surface area contributed by atoms with E-state index in [0.29, 0.717) is 0 Å². The molecule has 0 spiro atoms. The van der Waals surface area contributed by atoms with Crippen molar-refractivity contribution in [3.63, 3.8) is 0 Å². The summed E-state index contributed by atoms with van der Waals surface area (Å²) in [4.78, 5) is -0.239. The normalized spacial score (nSPS) is 14.7. The van der Waals surface area contributed by atoms with E-state index in [1.165, 1.54) is 30.3 Å². The van der Waals surface area contributed by atoms with Crippen molar-refractivity contribution in [2.75, 3.05) is 4.72 Å². The van der Waals surface area contributed by atoms with Crippen LogP contribution in [0.2, 0.25) is 0 Å². The van der Waals surface area contributed by atoms with Crippen molar-refractivity contribution in [2.24, 2.45) is 5.14 Å². The summed E-state index contributed by atoms with van der Waals surface area (Å²) < 4.78 is 51.1. The Bertz CT molecular complexity index is 1100. The van der Waals surface area contributed by atoms with Crippen LogP contribution in [0.25, 0.3) is 5.57 Å². The molecule has 0 bridgehead atoms.